The highest BCUT2D eigenvalue weighted by molar-refractivity contribution is 7.15. The number of para-hydroxylation sites is 2. The van der Waals surface area contributed by atoms with Gasteiger partial charge in [-0.3, -0.25) is 0 Å². The van der Waals surface area contributed by atoms with Crippen molar-refractivity contribution in [2.45, 2.75) is 18.8 Å². The molecule has 2 aliphatic rings. The first kappa shape index (κ1) is 13.3. The average molecular weight is 327 g/mol. The normalized spacial score (nSPS) is 18.8. The third-order valence-electron chi connectivity index (χ3n) is 4.46. The van der Waals surface area contributed by atoms with Crippen molar-refractivity contribution < 1.29 is 4.42 Å². The molecule has 0 N–H and O–H groups in total. The highest BCUT2D eigenvalue weighted by Crippen LogP contribution is 2.42. The maximum atomic E-state index is 5.86. The van der Waals surface area contributed by atoms with Crippen molar-refractivity contribution in [3.05, 3.63) is 29.3 Å². The quantitative estimate of drug-likeness (QED) is 0.737. The zero-order valence-electron chi connectivity index (χ0n) is 12.7. The lowest BCUT2D eigenvalue weighted by Gasteiger charge is -2.33. The molecule has 6 nitrogen and oxygen atoms in total. The van der Waals surface area contributed by atoms with Crippen LogP contribution in [0.25, 0.3) is 11.1 Å². The smallest absolute Gasteiger partial charge is 0.298 e. The average Bonchev–Trinajstić information content (AvgIpc) is 3.17. The van der Waals surface area contributed by atoms with E-state index in [0.717, 1.165) is 48.4 Å². The highest BCUT2D eigenvalue weighted by Gasteiger charge is 2.29. The Bertz CT molecular complexity index is 799. The van der Waals surface area contributed by atoms with Crippen LogP contribution in [-0.4, -0.2) is 41.4 Å². The van der Waals surface area contributed by atoms with Gasteiger partial charge in [0.1, 0.15) is 10.5 Å². The van der Waals surface area contributed by atoms with Crippen LogP contribution in [-0.2, 0) is 0 Å². The van der Waals surface area contributed by atoms with Crippen molar-refractivity contribution in [1.29, 1.82) is 0 Å². The summed E-state index contributed by atoms with van der Waals surface area (Å²) in [5.41, 5.74) is 1.77. The van der Waals surface area contributed by atoms with Crippen LogP contribution < -0.4 is 9.80 Å². The van der Waals surface area contributed by atoms with Gasteiger partial charge in [-0.1, -0.05) is 23.5 Å². The number of fused-ring (bicyclic) bond motifs is 1. The highest BCUT2D eigenvalue weighted by atomic mass is 32.1. The van der Waals surface area contributed by atoms with Crippen LogP contribution >= 0.6 is 11.3 Å². The van der Waals surface area contributed by atoms with Gasteiger partial charge in [0, 0.05) is 32.1 Å². The molecule has 118 valence electrons. The number of rotatable bonds is 3. The van der Waals surface area contributed by atoms with Crippen LogP contribution in [0.2, 0.25) is 0 Å². The molecule has 0 bridgehead atoms. The van der Waals surface area contributed by atoms with Gasteiger partial charge in [0.05, 0.1) is 0 Å². The van der Waals surface area contributed by atoms with E-state index in [1.54, 1.807) is 11.3 Å². The molecule has 1 saturated carbocycles. The summed E-state index contributed by atoms with van der Waals surface area (Å²) in [6.45, 7) is 3.65. The Morgan fingerprint density at radius 3 is 2.57 bits per heavy atom. The van der Waals surface area contributed by atoms with Gasteiger partial charge in [-0.15, -0.1) is 10.2 Å². The Kier molecular flexibility index (Phi) is 3.00. The molecule has 0 amide bonds. The summed E-state index contributed by atoms with van der Waals surface area (Å²) in [5.74, 6) is 0.683. The molecule has 3 heterocycles. The van der Waals surface area contributed by atoms with Gasteiger partial charge >= 0.3 is 0 Å². The molecular formula is C16H17N5OS. The number of anilines is 2. The second-order valence-electron chi connectivity index (χ2n) is 6.14. The van der Waals surface area contributed by atoms with Crippen molar-refractivity contribution in [2.75, 3.05) is 36.0 Å². The molecule has 5 rings (SSSR count). The van der Waals surface area contributed by atoms with Gasteiger partial charge in [0.15, 0.2) is 5.58 Å². The van der Waals surface area contributed by atoms with E-state index in [0.29, 0.717) is 5.92 Å². The summed E-state index contributed by atoms with van der Waals surface area (Å²) in [7, 11) is 0. The number of oxazole rings is 1. The molecule has 0 atom stereocenters. The third kappa shape index (κ3) is 2.45. The fourth-order valence-corrected chi connectivity index (χ4v) is 4.00. The Hall–Kier alpha value is -2.15. The van der Waals surface area contributed by atoms with Crippen molar-refractivity contribution in [3.8, 4) is 0 Å². The summed E-state index contributed by atoms with van der Waals surface area (Å²) in [4.78, 5) is 9.11. The number of benzene rings is 1. The largest absolute Gasteiger partial charge is 0.423 e. The van der Waals surface area contributed by atoms with E-state index < -0.39 is 0 Å². The van der Waals surface area contributed by atoms with Crippen LogP contribution in [0.5, 0.6) is 0 Å². The Balaban J connectivity index is 1.29. The minimum atomic E-state index is 0.683. The number of hydrogen-bond acceptors (Lipinski definition) is 7. The Morgan fingerprint density at radius 2 is 1.78 bits per heavy atom. The van der Waals surface area contributed by atoms with Crippen molar-refractivity contribution in [3.63, 3.8) is 0 Å². The maximum absolute atomic E-state index is 5.86. The monoisotopic (exact) mass is 327 g/mol. The van der Waals surface area contributed by atoms with E-state index >= 15 is 0 Å². The zero-order valence-corrected chi connectivity index (χ0v) is 13.5. The van der Waals surface area contributed by atoms with E-state index in [4.69, 9.17) is 4.42 Å². The molecule has 2 aromatic heterocycles. The summed E-state index contributed by atoms with van der Waals surface area (Å²) in [6, 6.07) is 8.63. The number of aromatic nitrogens is 3. The molecule has 0 radical (unpaired) electrons. The SMILES string of the molecule is c1ccc2oc(N3CCN(c4nnc(C5CC5)s4)CC3)nc2c1. The molecule has 1 aliphatic heterocycles. The zero-order chi connectivity index (χ0) is 15.2. The van der Waals surface area contributed by atoms with E-state index in [9.17, 15) is 0 Å². The lowest BCUT2D eigenvalue weighted by Crippen LogP contribution is -2.46. The molecule has 3 aromatic rings. The summed E-state index contributed by atoms with van der Waals surface area (Å²) in [5, 5.41) is 11.0. The topological polar surface area (TPSA) is 58.3 Å². The van der Waals surface area contributed by atoms with Crippen LogP contribution in [0.4, 0.5) is 11.1 Å². The summed E-state index contributed by atoms with van der Waals surface area (Å²) < 4.78 is 5.86. The van der Waals surface area contributed by atoms with E-state index in [1.807, 2.05) is 24.3 Å². The van der Waals surface area contributed by atoms with Crippen LogP contribution in [0.15, 0.2) is 28.7 Å². The van der Waals surface area contributed by atoms with Crippen LogP contribution in [0.3, 0.4) is 0 Å². The minimum Gasteiger partial charge on any atom is -0.423 e. The lowest BCUT2D eigenvalue weighted by molar-refractivity contribution is 0.541. The van der Waals surface area contributed by atoms with E-state index in [2.05, 4.69) is 25.0 Å². The molecule has 1 saturated heterocycles. The lowest BCUT2D eigenvalue weighted by atomic mass is 10.3. The second kappa shape index (κ2) is 5.19. The van der Waals surface area contributed by atoms with Gasteiger partial charge in [0.25, 0.3) is 6.01 Å². The summed E-state index contributed by atoms with van der Waals surface area (Å²) in [6.07, 6.45) is 2.56. The predicted octanol–water partition coefficient (Wildman–Crippen LogP) is 2.88. The molecule has 1 aromatic carbocycles. The minimum absolute atomic E-state index is 0.683. The van der Waals surface area contributed by atoms with Gasteiger partial charge in [0.2, 0.25) is 5.13 Å². The fourth-order valence-electron chi connectivity index (χ4n) is 2.93. The standard InChI is InChI=1S/C16H17N5OS/c1-2-4-13-12(3-1)17-15(22-13)20-7-9-21(10-8-20)16-19-18-14(23-16)11-5-6-11/h1-4,11H,5-10H2. The third-order valence-corrected chi connectivity index (χ3v) is 5.61. The maximum Gasteiger partial charge on any atom is 0.298 e. The van der Waals surface area contributed by atoms with Crippen LogP contribution in [0.1, 0.15) is 23.8 Å². The number of nitrogens with zero attached hydrogens (tertiary/aromatic N) is 5. The molecule has 1 aliphatic carbocycles. The number of piperazine rings is 1. The van der Waals surface area contributed by atoms with E-state index in [1.165, 1.54) is 17.8 Å². The predicted molar refractivity (Wildman–Crippen MR) is 90.3 cm³/mol. The van der Waals surface area contributed by atoms with Gasteiger partial charge < -0.3 is 14.2 Å². The molecule has 2 fully saturated rings. The molecular weight excluding hydrogens is 310 g/mol. The molecule has 0 unspecified atom stereocenters. The fraction of sp³-hybridized carbons (Fsp3) is 0.438. The molecule has 23 heavy (non-hydrogen) atoms. The Morgan fingerprint density at radius 1 is 1.00 bits per heavy atom. The number of hydrogen-bond donors (Lipinski definition) is 0. The molecule has 0 spiro atoms. The van der Waals surface area contributed by atoms with Crippen molar-refractivity contribution in [2.24, 2.45) is 0 Å². The van der Waals surface area contributed by atoms with Crippen LogP contribution in [0, 0.1) is 0 Å². The first-order valence-corrected chi connectivity index (χ1v) is 8.87. The van der Waals surface area contributed by atoms with Gasteiger partial charge in [-0.2, -0.15) is 4.98 Å². The van der Waals surface area contributed by atoms with Gasteiger partial charge in [-0.25, -0.2) is 0 Å². The summed E-state index contributed by atoms with van der Waals surface area (Å²) >= 11 is 1.76. The molecule has 7 heteroatoms. The van der Waals surface area contributed by atoms with E-state index in [-0.39, 0.29) is 0 Å². The van der Waals surface area contributed by atoms with Crippen molar-refractivity contribution >= 4 is 33.6 Å². The first-order valence-electron chi connectivity index (χ1n) is 8.06. The first-order chi connectivity index (χ1) is 11.4. The van der Waals surface area contributed by atoms with Gasteiger partial charge in [-0.05, 0) is 25.0 Å². The van der Waals surface area contributed by atoms with Crippen molar-refractivity contribution in [1.82, 2.24) is 15.2 Å². The Labute approximate surface area is 137 Å². The second-order valence-corrected chi connectivity index (χ2v) is 7.12.